The summed E-state index contributed by atoms with van der Waals surface area (Å²) < 4.78 is 6.91. The van der Waals surface area contributed by atoms with E-state index < -0.39 is 0 Å². The number of rotatable bonds is 5. The molecule has 5 nitrogen and oxygen atoms in total. The summed E-state index contributed by atoms with van der Waals surface area (Å²) in [5.74, 6) is 1.09. The van der Waals surface area contributed by atoms with Gasteiger partial charge < -0.3 is 10.1 Å². The summed E-state index contributed by atoms with van der Waals surface area (Å²) in [5.41, 5.74) is 2.70. The zero-order valence-corrected chi connectivity index (χ0v) is 13.7. The van der Waals surface area contributed by atoms with Crippen LogP contribution in [0.3, 0.4) is 0 Å². The Morgan fingerprint density at radius 2 is 2.00 bits per heavy atom. The van der Waals surface area contributed by atoms with Crippen LogP contribution in [0.1, 0.15) is 11.1 Å². The molecular formula is C19H19N3O2. The van der Waals surface area contributed by atoms with Crippen molar-refractivity contribution in [2.45, 2.75) is 13.5 Å². The van der Waals surface area contributed by atoms with Crippen molar-refractivity contribution in [2.75, 3.05) is 12.4 Å². The van der Waals surface area contributed by atoms with Crippen LogP contribution in [0.2, 0.25) is 0 Å². The molecule has 2 aromatic carbocycles. The molecule has 1 N–H and O–H groups in total. The van der Waals surface area contributed by atoms with Gasteiger partial charge in [0.15, 0.2) is 5.82 Å². The van der Waals surface area contributed by atoms with Crippen LogP contribution in [0, 0.1) is 6.92 Å². The Balaban J connectivity index is 1.88. The lowest BCUT2D eigenvalue weighted by atomic mass is 10.2. The third kappa shape index (κ3) is 3.30. The molecule has 1 aromatic heterocycles. The fraction of sp³-hybridized carbons (Fsp3) is 0.158. The van der Waals surface area contributed by atoms with E-state index in [-0.39, 0.29) is 5.56 Å². The van der Waals surface area contributed by atoms with E-state index in [1.807, 2.05) is 55.5 Å². The van der Waals surface area contributed by atoms with E-state index in [9.17, 15) is 4.79 Å². The van der Waals surface area contributed by atoms with Crippen LogP contribution < -0.4 is 15.6 Å². The lowest BCUT2D eigenvalue weighted by Crippen LogP contribution is -2.23. The van der Waals surface area contributed by atoms with Gasteiger partial charge in [0.05, 0.1) is 7.11 Å². The monoisotopic (exact) mass is 321 g/mol. The molecule has 0 spiro atoms. The molecule has 0 unspecified atom stereocenters. The number of nitrogens with one attached hydrogen (secondary N) is 1. The lowest BCUT2D eigenvalue weighted by Gasteiger charge is -2.11. The molecule has 0 aliphatic rings. The average Bonchev–Trinajstić information content (AvgIpc) is 2.61. The van der Waals surface area contributed by atoms with E-state index in [4.69, 9.17) is 4.74 Å². The number of hydrogen-bond acceptors (Lipinski definition) is 4. The van der Waals surface area contributed by atoms with E-state index in [0.717, 1.165) is 22.6 Å². The van der Waals surface area contributed by atoms with Crippen molar-refractivity contribution in [1.29, 1.82) is 0 Å². The summed E-state index contributed by atoms with van der Waals surface area (Å²) in [6.45, 7) is 2.46. The Morgan fingerprint density at radius 3 is 2.79 bits per heavy atom. The number of methoxy groups -OCH3 is 1. The summed E-state index contributed by atoms with van der Waals surface area (Å²) in [4.78, 5) is 16.8. The normalized spacial score (nSPS) is 10.4. The highest BCUT2D eigenvalue weighted by atomic mass is 16.5. The zero-order valence-electron chi connectivity index (χ0n) is 13.7. The summed E-state index contributed by atoms with van der Waals surface area (Å²) >= 11 is 0. The quantitative estimate of drug-likeness (QED) is 0.784. The molecule has 0 aliphatic carbocycles. The van der Waals surface area contributed by atoms with Gasteiger partial charge in [-0.2, -0.15) is 0 Å². The maximum absolute atomic E-state index is 12.7. The summed E-state index contributed by atoms with van der Waals surface area (Å²) in [5, 5.41) is 3.10. The molecule has 0 fully saturated rings. The van der Waals surface area contributed by atoms with Gasteiger partial charge in [-0.05, 0) is 30.7 Å². The van der Waals surface area contributed by atoms with Crippen molar-refractivity contribution in [3.8, 4) is 11.4 Å². The Labute approximate surface area is 140 Å². The molecule has 1 heterocycles. The van der Waals surface area contributed by atoms with Gasteiger partial charge in [0, 0.05) is 30.2 Å². The van der Waals surface area contributed by atoms with Gasteiger partial charge in [0.1, 0.15) is 5.75 Å². The van der Waals surface area contributed by atoms with E-state index in [2.05, 4.69) is 10.3 Å². The molecule has 24 heavy (non-hydrogen) atoms. The highest BCUT2D eigenvalue weighted by Gasteiger charge is 2.08. The SMILES string of the molecule is COc1ccccc1CNc1nccn(-c2cccc(C)c2)c1=O. The summed E-state index contributed by atoms with van der Waals surface area (Å²) in [7, 11) is 1.63. The van der Waals surface area contributed by atoms with Gasteiger partial charge in [0.2, 0.25) is 0 Å². The number of aryl methyl sites for hydroxylation is 1. The Morgan fingerprint density at radius 1 is 1.17 bits per heavy atom. The molecule has 0 aliphatic heterocycles. The Kier molecular flexibility index (Phi) is 4.61. The van der Waals surface area contributed by atoms with Crippen molar-refractivity contribution >= 4 is 5.82 Å². The minimum absolute atomic E-state index is 0.182. The van der Waals surface area contributed by atoms with Crippen LogP contribution in [0.25, 0.3) is 5.69 Å². The largest absolute Gasteiger partial charge is 0.496 e. The minimum atomic E-state index is -0.182. The van der Waals surface area contributed by atoms with Gasteiger partial charge in [-0.25, -0.2) is 4.98 Å². The molecule has 3 aromatic rings. The third-order valence-corrected chi connectivity index (χ3v) is 3.76. The van der Waals surface area contributed by atoms with Crippen molar-refractivity contribution in [1.82, 2.24) is 9.55 Å². The second-order valence-corrected chi connectivity index (χ2v) is 5.46. The highest BCUT2D eigenvalue weighted by Crippen LogP contribution is 2.18. The maximum atomic E-state index is 12.7. The molecule has 0 radical (unpaired) electrons. The van der Waals surface area contributed by atoms with E-state index in [0.29, 0.717) is 12.4 Å². The number of ether oxygens (including phenoxy) is 1. The van der Waals surface area contributed by atoms with Gasteiger partial charge in [0.25, 0.3) is 5.56 Å². The predicted octanol–water partition coefficient (Wildman–Crippen LogP) is 3.16. The second kappa shape index (κ2) is 7.00. The molecule has 3 rings (SSSR count). The van der Waals surface area contributed by atoms with E-state index in [1.54, 1.807) is 24.1 Å². The molecule has 122 valence electrons. The van der Waals surface area contributed by atoms with Crippen LogP contribution in [0.4, 0.5) is 5.82 Å². The first-order chi connectivity index (χ1) is 11.7. The van der Waals surface area contributed by atoms with Crippen molar-refractivity contribution in [3.05, 3.63) is 82.4 Å². The molecule has 0 atom stereocenters. The van der Waals surface area contributed by atoms with Gasteiger partial charge in [-0.1, -0.05) is 30.3 Å². The molecule has 5 heteroatoms. The maximum Gasteiger partial charge on any atom is 0.297 e. The van der Waals surface area contributed by atoms with Crippen LogP contribution in [-0.2, 0) is 6.54 Å². The van der Waals surface area contributed by atoms with Crippen LogP contribution in [0.15, 0.2) is 65.7 Å². The van der Waals surface area contributed by atoms with Gasteiger partial charge >= 0.3 is 0 Å². The first-order valence-corrected chi connectivity index (χ1v) is 7.69. The lowest BCUT2D eigenvalue weighted by molar-refractivity contribution is 0.410. The number of para-hydroxylation sites is 1. The van der Waals surface area contributed by atoms with E-state index >= 15 is 0 Å². The molecular weight excluding hydrogens is 302 g/mol. The van der Waals surface area contributed by atoms with Crippen LogP contribution >= 0.6 is 0 Å². The minimum Gasteiger partial charge on any atom is -0.496 e. The van der Waals surface area contributed by atoms with Crippen molar-refractivity contribution in [3.63, 3.8) is 0 Å². The van der Waals surface area contributed by atoms with Gasteiger partial charge in [-0.15, -0.1) is 0 Å². The number of aromatic nitrogens is 2. The number of nitrogens with zero attached hydrogens (tertiary/aromatic N) is 2. The number of anilines is 1. The van der Waals surface area contributed by atoms with Crippen molar-refractivity contribution < 1.29 is 4.74 Å². The zero-order chi connectivity index (χ0) is 16.9. The fourth-order valence-corrected chi connectivity index (χ4v) is 2.54. The first kappa shape index (κ1) is 15.8. The van der Waals surface area contributed by atoms with Gasteiger partial charge in [-0.3, -0.25) is 9.36 Å². The molecule has 0 bridgehead atoms. The average molecular weight is 321 g/mol. The van der Waals surface area contributed by atoms with Crippen molar-refractivity contribution in [2.24, 2.45) is 0 Å². The molecule has 0 saturated carbocycles. The first-order valence-electron chi connectivity index (χ1n) is 7.69. The highest BCUT2D eigenvalue weighted by molar-refractivity contribution is 5.42. The van der Waals surface area contributed by atoms with Crippen LogP contribution in [0.5, 0.6) is 5.75 Å². The Hall–Kier alpha value is -3.08. The smallest absolute Gasteiger partial charge is 0.297 e. The standard InChI is InChI=1S/C19H19N3O2/c1-14-6-5-8-16(12-14)22-11-10-20-18(19(22)23)21-13-15-7-3-4-9-17(15)24-2/h3-12H,13H2,1-2H3,(H,20,21). The Bertz CT molecular complexity index is 903. The van der Waals surface area contributed by atoms with Crippen LogP contribution in [-0.4, -0.2) is 16.7 Å². The third-order valence-electron chi connectivity index (χ3n) is 3.76. The molecule has 0 saturated heterocycles. The predicted molar refractivity (Wildman–Crippen MR) is 94.9 cm³/mol. The summed E-state index contributed by atoms with van der Waals surface area (Å²) in [6.07, 6.45) is 3.29. The number of hydrogen-bond donors (Lipinski definition) is 1. The van der Waals surface area contributed by atoms with E-state index in [1.165, 1.54) is 0 Å². The number of benzene rings is 2. The second-order valence-electron chi connectivity index (χ2n) is 5.46. The molecule has 0 amide bonds. The summed E-state index contributed by atoms with van der Waals surface area (Å²) in [6, 6.07) is 15.5. The topological polar surface area (TPSA) is 56.1 Å². The fourth-order valence-electron chi connectivity index (χ4n) is 2.54.